The van der Waals surface area contributed by atoms with Gasteiger partial charge in [-0.15, -0.1) is 0 Å². The second-order valence-electron chi connectivity index (χ2n) is 9.23. The first-order valence-electron chi connectivity index (χ1n) is 12.4. The molecule has 32 heavy (non-hydrogen) atoms. The van der Waals surface area contributed by atoms with Crippen LogP contribution in [0.2, 0.25) is 0 Å². The van der Waals surface area contributed by atoms with Gasteiger partial charge in [-0.05, 0) is 95.9 Å². The predicted molar refractivity (Wildman–Crippen MR) is 126 cm³/mol. The van der Waals surface area contributed by atoms with E-state index < -0.39 is 12.8 Å². The van der Waals surface area contributed by atoms with Gasteiger partial charge in [0.2, 0.25) is 6.41 Å². The number of aliphatic hydroxyl groups excluding tert-OH is 1. The van der Waals surface area contributed by atoms with Gasteiger partial charge in [-0.3, -0.25) is 5.32 Å². The highest BCUT2D eigenvalue weighted by atomic mass is 16.6. The number of hydrogen-bond acceptors (Lipinski definition) is 7. The lowest BCUT2D eigenvalue weighted by molar-refractivity contribution is -0.166. The average Bonchev–Trinajstić information content (AvgIpc) is 2.82. The Bertz CT molecular complexity index is 514. The van der Waals surface area contributed by atoms with E-state index in [9.17, 15) is 5.11 Å². The van der Waals surface area contributed by atoms with Crippen LogP contribution in [0.15, 0.2) is 24.7 Å². The Hall–Kier alpha value is -1.12. The fraction of sp³-hybridized carbons (Fsp3) is 0.840. The number of rotatable bonds is 15. The van der Waals surface area contributed by atoms with Gasteiger partial charge in [-0.2, -0.15) is 0 Å². The SMILES string of the molecule is CC=COCC1CCC(COC(O)NC(NC)OCC2CCC(COC=CC)CC2)CC1. The summed E-state index contributed by atoms with van der Waals surface area (Å²) in [5.74, 6) is 2.32. The maximum absolute atomic E-state index is 10.3. The summed E-state index contributed by atoms with van der Waals surface area (Å²) in [6.45, 7) is 6.78. The van der Waals surface area contributed by atoms with Crippen LogP contribution >= 0.6 is 0 Å². The molecule has 2 fully saturated rings. The van der Waals surface area contributed by atoms with Crippen LogP contribution in [0.1, 0.15) is 65.2 Å². The van der Waals surface area contributed by atoms with Crippen LogP contribution in [0.25, 0.3) is 0 Å². The Kier molecular flexibility index (Phi) is 14.0. The van der Waals surface area contributed by atoms with Crippen LogP contribution in [-0.4, -0.2) is 51.3 Å². The summed E-state index contributed by atoms with van der Waals surface area (Å²) in [6.07, 6.45) is 15.1. The Morgan fingerprint density at radius 1 is 0.719 bits per heavy atom. The monoisotopic (exact) mass is 454 g/mol. The van der Waals surface area contributed by atoms with Gasteiger partial charge in [0.15, 0.2) is 6.35 Å². The van der Waals surface area contributed by atoms with E-state index in [4.69, 9.17) is 18.9 Å². The molecule has 0 heterocycles. The minimum absolute atomic E-state index is 0.430. The molecule has 0 aromatic rings. The van der Waals surface area contributed by atoms with Gasteiger partial charge in [0.25, 0.3) is 0 Å². The fourth-order valence-corrected chi connectivity index (χ4v) is 4.56. The third-order valence-electron chi connectivity index (χ3n) is 6.61. The van der Waals surface area contributed by atoms with Crippen molar-refractivity contribution in [3.8, 4) is 0 Å². The molecule has 0 aromatic carbocycles. The quantitative estimate of drug-likeness (QED) is 0.254. The van der Waals surface area contributed by atoms with E-state index in [-0.39, 0.29) is 0 Å². The first-order chi connectivity index (χ1) is 15.6. The first kappa shape index (κ1) is 27.1. The molecule has 2 aliphatic carbocycles. The molecular formula is C25H46N2O5. The summed E-state index contributed by atoms with van der Waals surface area (Å²) in [7, 11) is 1.82. The van der Waals surface area contributed by atoms with Crippen molar-refractivity contribution in [1.29, 1.82) is 0 Å². The summed E-state index contributed by atoms with van der Waals surface area (Å²) in [4.78, 5) is 0. The highest BCUT2D eigenvalue weighted by Crippen LogP contribution is 2.30. The number of nitrogens with one attached hydrogen (secondary N) is 2. The minimum Gasteiger partial charge on any atom is -0.501 e. The van der Waals surface area contributed by atoms with Crippen molar-refractivity contribution in [2.45, 2.75) is 78.0 Å². The lowest BCUT2D eigenvalue weighted by Gasteiger charge is -2.31. The predicted octanol–water partition coefficient (Wildman–Crippen LogP) is 4.10. The minimum atomic E-state index is -1.04. The zero-order valence-electron chi connectivity index (χ0n) is 20.3. The molecular weight excluding hydrogens is 408 g/mol. The molecule has 2 unspecified atom stereocenters. The van der Waals surface area contributed by atoms with Crippen molar-refractivity contribution < 1.29 is 24.1 Å². The standard InChI is InChI=1S/C25H46N2O5/c1-4-14-29-16-20-6-10-22(11-7-20)18-31-24(26-3)27-25(28)32-19-23-12-8-21(9-13-23)17-30-15-5-2/h4-5,14-15,20-28H,6-13,16-19H2,1-3H3. The molecule has 0 bridgehead atoms. The molecule has 2 saturated carbocycles. The van der Waals surface area contributed by atoms with E-state index in [0.717, 1.165) is 51.7 Å². The lowest BCUT2D eigenvalue weighted by atomic mass is 9.83. The fourth-order valence-electron chi connectivity index (χ4n) is 4.56. The number of aliphatic hydroxyl groups is 1. The number of allylic oxidation sites excluding steroid dienone is 2. The molecule has 7 heteroatoms. The Balaban J connectivity index is 1.55. The van der Waals surface area contributed by atoms with Crippen molar-refractivity contribution in [2.75, 3.05) is 33.5 Å². The van der Waals surface area contributed by atoms with Crippen molar-refractivity contribution in [1.82, 2.24) is 10.6 Å². The van der Waals surface area contributed by atoms with Crippen LogP contribution in [-0.2, 0) is 18.9 Å². The topological polar surface area (TPSA) is 81.2 Å². The molecule has 2 rings (SSSR count). The van der Waals surface area contributed by atoms with E-state index in [1.54, 1.807) is 12.5 Å². The highest BCUT2D eigenvalue weighted by molar-refractivity contribution is 4.75. The van der Waals surface area contributed by atoms with Crippen LogP contribution in [0.5, 0.6) is 0 Å². The van der Waals surface area contributed by atoms with Gasteiger partial charge < -0.3 is 24.1 Å². The summed E-state index contributed by atoms with van der Waals surface area (Å²) < 4.78 is 22.7. The van der Waals surface area contributed by atoms with Gasteiger partial charge in [0.1, 0.15) is 0 Å². The van der Waals surface area contributed by atoms with Crippen LogP contribution in [0, 0.1) is 23.7 Å². The summed E-state index contributed by atoms with van der Waals surface area (Å²) >= 11 is 0. The van der Waals surface area contributed by atoms with Crippen molar-refractivity contribution in [2.24, 2.45) is 23.7 Å². The molecule has 3 N–H and O–H groups in total. The molecule has 7 nitrogen and oxygen atoms in total. The molecule has 0 radical (unpaired) electrons. The molecule has 0 amide bonds. The maximum Gasteiger partial charge on any atom is 0.216 e. The van der Waals surface area contributed by atoms with Crippen LogP contribution in [0.3, 0.4) is 0 Å². The van der Waals surface area contributed by atoms with Crippen molar-refractivity contribution in [3.05, 3.63) is 24.7 Å². The molecule has 0 saturated heterocycles. The zero-order valence-corrected chi connectivity index (χ0v) is 20.3. The van der Waals surface area contributed by atoms with E-state index in [1.807, 2.05) is 33.0 Å². The first-order valence-corrected chi connectivity index (χ1v) is 12.4. The largest absolute Gasteiger partial charge is 0.501 e. The van der Waals surface area contributed by atoms with E-state index in [1.165, 1.54) is 12.8 Å². The zero-order chi connectivity index (χ0) is 23.0. The molecule has 2 aliphatic rings. The summed E-state index contributed by atoms with van der Waals surface area (Å²) in [6, 6.07) is 0. The average molecular weight is 455 g/mol. The lowest BCUT2D eigenvalue weighted by Crippen LogP contribution is -2.49. The molecule has 0 aliphatic heterocycles. The third kappa shape index (κ3) is 11.1. The van der Waals surface area contributed by atoms with Gasteiger partial charge in [0, 0.05) is 0 Å². The van der Waals surface area contributed by atoms with Crippen molar-refractivity contribution >= 4 is 0 Å². The Morgan fingerprint density at radius 3 is 1.53 bits per heavy atom. The van der Waals surface area contributed by atoms with Gasteiger partial charge in [-0.1, -0.05) is 12.2 Å². The smallest absolute Gasteiger partial charge is 0.216 e. The second-order valence-corrected chi connectivity index (χ2v) is 9.23. The number of ether oxygens (including phenoxy) is 4. The van der Waals surface area contributed by atoms with Gasteiger partial charge in [-0.25, -0.2) is 5.32 Å². The van der Waals surface area contributed by atoms with Crippen molar-refractivity contribution in [3.63, 3.8) is 0 Å². The summed E-state index contributed by atoms with van der Waals surface area (Å²) in [5, 5.41) is 16.3. The molecule has 0 spiro atoms. The second kappa shape index (κ2) is 16.5. The van der Waals surface area contributed by atoms with Crippen LogP contribution < -0.4 is 10.6 Å². The maximum atomic E-state index is 10.3. The van der Waals surface area contributed by atoms with E-state index >= 15 is 0 Å². The number of hydrogen-bond donors (Lipinski definition) is 3. The highest BCUT2D eigenvalue weighted by Gasteiger charge is 2.24. The Labute approximate surface area is 194 Å². The molecule has 186 valence electrons. The molecule has 0 aromatic heterocycles. The van der Waals surface area contributed by atoms with E-state index in [2.05, 4.69) is 10.6 Å². The summed E-state index contributed by atoms with van der Waals surface area (Å²) in [5.41, 5.74) is 0. The van der Waals surface area contributed by atoms with Gasteiger partial charge in [0.05, 0.1) is 39.0 Å². The van der Waals surface area contributed by atoms with Crippen LogP contribution in [0.4, 0.5) is 0 Å². The molecule has 2 atom stereocenters. The van der Waals surface area contributed by atoms with E-state index in [0.29, 0.717) is 36.9 Å². The van der Waals surface area contributed by atoms with Gasteiger partial charge >= 0.3 is 0 Å². The Morgan fingerprint density at radius 2 is 1.12 bits per heavy atom. The normalized spacial score (nSPS) is 28.8. The third-order valence-corrected chi connectivity index (χ3v) is 6.61.